The summed E-state index contributed by atoms with van der Waals surface area (Å²) in [6.45, 7) is 4.75. The number of rotatable bonds is 3. The third-order valence-electron chi connectivity index (χ3n) is 2.16. The van der Waals surface area contributed by atoms with E-state index in [-0.39, 0.29) is 6.10 Å². The number of hydrogen-bond acceptors (Lipinski definition) is 1. The maximum atomic E-state index is 5.53. The van der Waals surface area contributed by atoms with Gasteiger partial charge in [-0.25, -0.2) is 0 Å². The van der Waals surface area contributed by atoms with Crippen LogP contribution in [0, 0.1) is 0 Å². The smallest absolute Gasteiger partial charge is 0.0869 e. The molecule has 0 aliphatic heterocycles. The topological polar surface area (TPSA) is 25.0 Å². The minimum Gasteiger partial charge on any atom is -0.373 e. The molecule has 0 atom stereocenters. The van der Waals surface area contributed by atoms with Crippen LogP contribution in [0.25, 0.3) is 10.9 Å². The largest absolute Gasteiger partial charge is 0.373 e. The van der Waals surface area contributed by atoms with Gasteiger partial charge in [-0.05, 0) is 31.4 Å². The molecule has 2 nitrogen and oxygen atoms in total. The molecule has 14 heavy (non-hydrogen) atoms. The first-order valence-electron chi connectivity index (χ1n) is 4.94. The molecule has 0 spiro atoms. The molecular formula is C12H15NO. The zero-order valence-corrected chi connectivity index (χ0v) is 8.58. The molecule has 1 aromatic heterocycles. The van der Waals surface area contributed by atoms with E-state index in [0.717, 1.165) is 5.69 Å². The van der Waals surface area contributed by atoms with Gasteiger partial charge in [0.05, 0.1) is 12.7 Å². The molecule has 2 heteroatoms. The first-order valence-corrected chi connectivity index (χ1v) is 4.94. The van der Waals surface area contributed by atoms with Gasteiger partial charge in [0.25, 0.3) is 0 Å². The first kappa shape index (κ1) is 9.28. The molecule has 0 fully saturated rings. The monoisotopic (exact) mass is 189 g/mol. The molecule has 2 rings (SSSR count). The van der Waals surface area contributed by atoms with Crippen LogP contribution in [0.15, 0.2) is 30.3 Å². The van der Waals surface area contributed by atoms with Crippen molar-refractivity contribution in [1.82, 2.24) is 4.98 Å². The molecule has 0 aliphatic carbocycles. The van der Waals surface area contributed by atoms with Crippen molar-refractivity contribution >= 4 is 10.9 Å². The highest BCUT2D eigenvalue weighted by molar-refractivity contribution is 5.80. The van der Waals surface area contributed by atoms with Crippen molar-refractivity contribution in [3.8, 4) is 0 Å². The lowest BCUT2D eigenvalue weighted by molar-refractivity contribution is 0.0639. The van der Waals surface area contributed by atoms with E-state index in [0.29, 0.717) is 6.61 Å². The van der Waals surface area contributed by atoms with Crippen LogP contribution >= 0.6 is 0 Å². The van der Waals surface area contributed by atoms with Gasteiger partial charge in [0.15, 0.2) is 0 Å². The highest BCUT2D eigenvalue weighted by Gasteiger charge is 2.00. The molecule has 0 aliphatic rings. The molecule has 1 aromatic carbocycles. The molecule has 0 radical (unpaired) electrons. The maximum absolute atomic E-state index is 5.53. The summed E-state index contributed by atoms with van der Waals surface area (Å²) in [5.41, 5.74) is 2.31. The van der Waals surface area contributed by atoms with Crippen LogP contribution in [0.5, 0.6) is 0 Å². The first-order chi connectivity index (χ1) is 6.75. The summed E-state index contributed by atoms with van der Waals surface area (Å²) >= 11 is 0. The number of para-hydroxylation sites is 1. The highest BCUT2D eigenvalue weighted by atomic mass is 16.5. The summed E-state index contributed by atoms with van der Waals surface area (Å²) in [6.07, 6.45) is 0.279. The van der Waals surface area contributed by atoms with Crippen molar-refractivity contribution in [2.24, 2.45) is 0 Å². The molecule has 2 aromatic rings. The van der Waals surface area contributed by atoms with Crippen molar-refractivity contribution in [3.63, 3.8) is 0 Å². The summed E-state index contributed by atoms with van der Waals surface area (Å²) in [5, 5.41) is 1.25. The fraction of sp³-hybridized carbons (Fsp3) is 0.333. The van der Waals surface area contributed by atoms with Gasteiger partial charge in [0.1, 0.15) is 0 Å². The summed E-state index contributed by atoms with van der Waals surface area (Å²) in [6, 6.07) is 10.4. The van der Waals surface area contributed by atoms with Crippen LogP contribution in [-0.2, 0) is 11.3 Å². The number of H-pyrrole nitrogens is 1. The standard InChI is InChI=1S/C12H15NO/c1-9(2)14-8-11-7-10-5-3-4-6-12(10)13-11/h3-7,9,13H,8H2,1-2H3. The normalized spacial score (nSPS) is 11.4. The van der Waals surface area contributed by atoms with Gasteiger partial charge in [-0.2, -0.15) is 0 Å². The lowest BCUT2D eigenvalue weighted by Crippen LogP contribution is -2.02. The predicted octanol–water partition coefficient (Wildman–Crippen LogP) is 3.09. The summed E-state index contributed by atoms with van der Waals surface area (Å²) in [7, 11) is 0. The summed E-state index contributed by atoms with van der Waals surface area (Å²) in [5.74, 6) is 0. The molecule has 1 heterocycles. The minimum absolute atomic E-state index is 0.279. The van der Waals surface area contributed by atoms with Crippen molar-refractivity contribution in [1.29, 1.82) is 0 Å². The lowest BCUT2D eigenvalue weighted by Gasteiger charge is -2.04. The Kier molecular flexibility index (Phi) is 2.55. The molecule has 74 valence electrons. The molecule has 0 saturated heterocycles. The van der Waals surface area contributed by atoms with Crippen molar-refractivity contribution < 1.29 is 4.74 Å². The van der Waals surface area contributed by atoms with Crippen LogP contribution in [0.1, 0.15) is 19.5 Å². The van der Waals surface area contributed by atoms with Gasteiger partial charge in [0.2, 0.25) is 0 Å². The third-order valence-corrected chi connectivity index (χ3v) is 2.16. The fourth-order valence-electron chi connectivity index (χ4n) is 1.47. The van der Waals surface area contributed by atoms with Crippen molar-refractivity contribution in [2.45, 2.75) is 26.6 Å². The van der Waals surface area contributed by atoms with Crippen molar-refractivity contribution in [3.05, 3.63) is 36.0 Å². The Morgan fingerprint density at radius 3 is 2.79 bits per heavy atom. The van der Waals surface area contributed by atoms with E-state index in [1.165, 1.54) is 10.9 Å². The van der Waals surface area contributed by atoms with Gasteiger partial charge < -0.3 is 9.72 Å². The average Bonchev–Trinajstić information content (AvgIpc) is 2.57. The van der Waals surface area contributed by atoms with E-state index >= 15 is 0 Å². The molecule has 1 N–H and O–H groups in total. The average molecular weight is 189 g/mol. The summed E-state index contributed by atoms with van der Waals surface area (Å²) < 4.78 is 5.53. The van der Waals surface area contributed by atoms with Crippen molar-refractivity contribution in [2.75, 3.05) is 0 Å². The molecule has 0 saturated carbocycles. The summed E-state index contributed by atoms with van der Waals surface area (Å²) in [4.78, 5) is 3.33. The van der Waals surface area contributed by atoms with Gasteiger partial charge >= 0.3 is 0 Å². The number of hydrogen-bond donors (Lipinski definition) is 1. The Labute approximate surface area is 83.9 Å². The number of aromatic nitrogens is 1. The van der Waals surface area contributed by atoms with Crippen LogP contribution in [-0.4, -0.2) is 11.1 Å². The number of nitrogens with one attached hydrogen (secondary N) is 1. The molecule has 0 bridgehead atoms. The van der Waals surface area contributed by atoms with E-state index in [9.17, 15) is 0 Å². The van der Waals surface area contributed by atoms with E-state index in [1.807, 2.05) is 26.0 Å². The van der Waals surface area contributed by atoms with E-state index in [4.69, 9.17) is 4.74 Å². The maximum Gasteiger partial charge on any atom is 0.0869 e. The van der Waals surface area contributed by atoms with Crippen LogP contribution in [0.3, 0.4) is 0 Å². The zero-order chi connectivity index (χ0) is 9.97. The van der Waals surface area contributed by atoms with E-state index in [1.54, 1.807) is 0 Å². The lowest BCUT2D eigenvalue weighted by atomic mass is 10.2. The highest BCUT2D eigenvalue weighted by Crippen LogP contribution is 2.15. The Hall–Kier alpha value is -1.28. The Bertz CT molecular complexity index is 384. The quantitative estimate of drug-likeness (QED) is 0.788. The van der Waals surface area contributed by atoms with Crippen LogP contribution in [0.4, 0.5) is 0 Å². The third kappa shape index (κ3) is 1.96. The molecular weight excluding hydrogens is 174 g/mol. The minimum atomic E-state index is 0.279. The number of aromatic amines is 1. The second-order valence-corrected chi connectivity index (χ2v) is 3.74. The second-order valence-electron chi connectivity index (χ2n) is 3.74. The van der Waals surface area contributed by atoms with Gasteiger partial charge in [0, 0.05) is 11.2 Å². The van der Waals surface area contributed by atoms with Gasteiger partial charge in [-0.15, -0.1) is 0 Å². The molecule has 0 amide bonds. The SMILES string of the molecule is CC(C)OCc1cc2ccccc2[nH]1. The van der Waals surface area contributed by atoms with Crippen LogP contribution < -0.4 is 0 Å². The fourth-order valence-corrected chi connectivity index (χ4v) is 1.47. The Morgan fingerprint density at radius 2 is 2.07 bits per heavy atom. The Morgan fingerprint density at radius 1 is 1.29 bits per heavy atom. The zero-order valence-electron chi connectivity index (χ0n) is 8.58. The Balaban J connectivity index is 2.19. The second kappa shape index (κ2) is 3.84. The molecule has 0 unspecified atom stereocenters. The predicted molar refractivity (Wildman–Crippen MR) is 58.2 cm³/mol. The van der Waals surface area contributed by atoms with E-state index < -0.39 is 0 Å². The number of benzene rings is 1. The van der Waals surface area contributed by atoms with E-state index in [2.05, 4.69) is 23.2 Å². The van der Waals surface area contributed by atoms with Crippen LogP contribution in [0.2, 0.25) is 0 Å². The number of ether oxygens (including phenoxy) is 1. The van der Waals surface area contributed by atoms with Gasteiger partial charge in [-0.3, -0.25) is 0 Å². The van der Waals surface area contributed by atoms with Gasteiger partial charge in [-0.1, -0.05) is 18.2 Å². The number of fused-ring (bicyclic) bond motifs is 1.